The fourth-order valence-electron chi connectivity index (χ4n) is 1.83. The van der Waals surface area contributed by atoms with E-state index in [1.165, 1.54) is 5.56 Å². The third-order valence-electron chi connectivity index (χ3n) is 2.75. The van der Waals surface area contributed by atoms with Crippen LogP contribution in [0.2, 0.25) is 0 Å². The minimum absolute atomic E-state index is 0.306. The van der Waals surface area contributed by atoms with Crippen LogP contribution >= 0.6 is 0 Å². The van der Waals surface area contributed by atoms with Crippen LogP contribution in [0.25, 0.3) is 0 Å². The van der Waals surface area contributed by atoms with Crippen LogP contribution in [0, 0.1) is 0 Å². The second-order valence-electron chi connectivity index (χ2n) is 4.07. The summed E-state index contributed by atoms with van der Waals surface area (Å²) < 4.78 is 10.6. The van der Waals surface area contributed by atoms with Crippen LogP contribution in [0.5, 0.6) is 11.5 Å². The number of hydrogen-bond acceptors (Lipinski definition) is 3. The van der Waals surface area contributed by atoms with Gasteiger partial charge in [-0.05, 0) is 29.3 Å². The monoisotopic (exact) mass is 239 g/mol. The largest absolute Gasteiger partial charge is 0.454 e. The summed E-state index contributed by atoms with van der Waals surface area (Å²) in [6.07, 6.45) is 1.86. The van der Waals surface area contributed by atoms with Gasteiger partial charge in [0, 0.05) is 6.21 Å². The Kier molecular flexibility index (Phi) is 2.96. The Morgan fingerprint density at radius 1 is 1.00 bits per heavy atom. The molecule has 0 radical (unpaired) electrons. The summed E-state index contributed by atoms with van der Waals surface area (Å²) in [4.78, 5) is 4.42. The highest BCUT2D eigenvalue weighted by atomic mass is 16.7. The molecule has 0 aliphatic carbocycles. The Balaban J connectivity index is 1.69. The summed E-state index contributed by atoms with van der Waals surface area (Å²) in [6.45, 7) is 0.995. The lowest BCUT2D eigenvalue weighted by atomic mass is 10.2. The Bertz CT molecular complexity index is 564. The van der Waals surface area contributed by atoms with E-state index in [4.69, 9.17) is 9.47 Å². The maximum absolute atomic E-state index is 5.32. The molecule has 0 saturated carbocycles. The quantitative estimate of drug-likeness (QED) is 0.771. The highest BCUT2D eigenvalue weighted by Gasteiger charge is 2.12. The summed E-state index contributed by atoms with van der Waals surface area (Å²) in [5, 5.41) is 0. The first-order chi connectivity index (χ1) is 8.92. The SMILES string of the molecule is C(=NCc1ccccc1)c1ccc2c(c1)OCO2. The molecule has 3 heteroatoms. The van der Waals surface area contributed by atoms with Crippen LogP contribution in [0.1, 0.15) is 11.1 Å². The van der Waals surface area contributed by atoms with Gasteiger partial charge in [0.2, 0.25) is 6.79 Å². The van der Waals surface area contributed by atoms with E-state index in [2.05, 4.69) is 17.1 Å². The van der Waals surface area contributed by atoms with Crippen molar-refractivity contribution in [1.82, 2.24) is 0 Å². The molecule has 0 bridgehead atoms. The number of rotatable bonds is 3. The van der Waals surface area contributed by atoms with Crippen LogP contribution < -0.4 is 9.47 Å². The normalized spacial score (nSPS) is 13.1. The first-order valence-corrected chi connectivity index (χ1v) is 5.85. The minimum Gasteiger partial charge on any atom is -0.454 e. The zero-order chi connectivity index (χ0) is 12.2. The number of hydrogen-bond donors (Lipinski definition) is 0. The topological polar surface area (TPSA) is 30.8 Å². The summed E-state index contributed by atoms with van der Waals surface area (Å²) >= 11 is 0. The predicted octanol–water partition coefficient (Wildman–Crippen LogP) is 3.03. The maximum atomic E-state index is 5.32. The Morgan fingerprint density at radius 2 is 1.83 bits per heavy atom. The second-order valence-corrected chi connectivity index (χ2v) is 4.07. The molecule has 3 rings (SSSR count). The van der Waals surface area contributed by atoms with E-state index >= 15 is 0 Å². The van der Waals surface area contributed by atoms with Crippen LogP contribution in [-0.4, -0.2) is 13.0 Å². The van der Waals surface area contributed by atoms with Crippen molar-refractivity contribution in [2.24, 2.45) is 4.99 Å². The van der Waals surface area contributed by atoms with E-state index < -0.39 is 0 Å². The van der Waals surface area contributed by atoms with Crippen LogP contribution in [0.15, 0.2) is 53.5 Å². The van der Waals surface area contributed by atoms with Gasteiger partial charge in [0.15, 0.2) is 11.5 Å². The van der Waals surface area contributed by atoms with E-state index in [0.29, 0.717) is 13.3 Å². The molecule has 3 nitrogen and oxygen atoms in total. The summed E-state index contributed by atoms with van der Waals surface area (Å²) in [5.41, 5.74) is 2.23. The van der Waals surface area contributed by atoms with E-state index in [0.717, 1.165) is 17.1 Å². The highest BCUT2D eigenvalue weighted by Crippen LogP contribution is 2.31. The molecule has 0 unspecified atom stereocenters. The van der Waals surface area contributed by atoms with Crippen LogP contribution in [-0.2, 0) is 6.54 Å². The van der Waals surface area contributed by atoms with Gasteiger partial charge in [0.05, 0.1) is 6.54 Å². The number of benzene rings is 2. The van der Waals surface area contributed by atoms with Crippen molar-refractivity contribution in [3.05, 3.63) is 59.7 Å². The number of ether oxygens (including phenoxy) is 2. The lowest BCUT2D eigenvalue weighted by Gasteiger charge is -1.98. The van der Waals surface area contributed by atoms with Gasteiger partial charge >= 0.3 is 0 Å². The smallest absolute Gasteiger partial charge is 0.231 e. The summed E-state index contributed by atoms with van der Waals surface area (Å²) in [5.74, 6) is 1.59. The van der Waals surface area contributed by atoms with Crippen molar-refractivity contribution in [2.75, 3.05) is 6.79 Å². The molecule has 1 heterocycles. The van der Waals surface area contributed by atoms with Crippen molar-refractivity contribution in [3.8, 4) is 11.5 Å². The Hall–Kier alpha value is -2.29. The molecule has 0 aromatic heterocycles. The van der Waals surface area contributed by atoms with Crippen molar-refractivity contribution < 1.29 is 9.47 Å². The molecule has 0 amide bonds. The Labute approximate surface area is 106 Å². The van der Waals surface area contributed by atoms with Crippen molar-refractivity contribution >= 4 is 6.21 Å². The molecule has 2 aromatic rings. The summed E-state index contributed by atoms with van der Waals surface area (Å²) in [7, 11) is 0. The highest BCUT2D eigenvalue weighted by molar-refractivity contribution is 5.81. The molecular formula is C15H13NO2. The van der Waals surface area contributed by atoms with Crippen molar-refractivity contribution in [2.45, 2.75) is 6.54 Å². The lowest BCUT2D eigenvalue weighted by molar-refractivity contribution is 0.174. The summed E-state index contributed by atoms with van der Waals surface area (Å²) in [6, 6.07) is 16.0. The van der Waals surface area contributed by atoms with Gasteiger partial charge in [-0.1, -0.05) is 30.3 Å². The number of aliphatic imine (C=N–C) groups is 1. The van der Waals surface area contributed by atoms with Crippen molar-refractivity contribution in [1.29, 1.82) is 0 Å². The molecule has 0 spiro atoms. The fourth-order valence-corrected chi connectivity index (χ4v) is 1.83. The van der Waals surface area contributed by atoms with Crippen LogP contribution in [0.3, 0.4) is 0 Å². The zero-order valence-corrected chi connectivity index (χ0v) is 9.87. The maximum Gasteiger partial charge on any atom is 0.231 e. The van der Waals surface area contributed by atoms with Gasteiger partial charge in [0.25, 0.3) is 0 Å². The van der Waals surface area contributed by atoms with E-state index in [-0.39, 0.29) is 0 Å². The first kappa shape index (κ1) is 10.8. The molecule has 1 aliphatic heterocycles. The lowest BCUT2D eigenvalue weighted by Crippen LogP contribution is -1.92. The van der Waals surface area contributed by atoms with Gasteiger partial charge in [-0.15, -0.1) is 0 Å². The second kappa shape index (κ2) is 4.92. The molecule has 18 heavy (non-hydrogen) atoms. The molecule has 0 fully saturated rings. The first-order valence-electron chi connectivity index (χ1n) is 5.85. The van der Waals surface area contributed by atoms with Gasteiger partial charge in [-0.2, -0.15) is 0 Å². The predicted molar refractivity (Wildman–Crippen MR) is 70.3 cm³/mol. The van der Waals surface area contributed by atoms with E-state index in [1.54, 1.807) is 0 Å². The van der Waals surface area contributed by atoms with Gasteiger partial charge in [-0.25, -0.2) is 0 Å². The number of fused-ring (bicyclic) bond motifs is 1. The molecule has 2 aromatic carbocycles. The fraction of sp³-hybridized carbons (Fsp3) is 0.133. The standard InChI is InChI=1S/C15H13NO2/c1-2-4-12(5-3-1)9-16-10-13-6-7-14-15(8-13)18-11-17-14/h1-8,10H,9,11H2. The average Bonchev–Trinajstić information content (AvgIpc) is 2.87. The van der Waals surface area contributed by atoms with E-state index in [1.807, 2.05) is 42.6 Å². The van der Waals surface area contributed by atoms with Gasteiger partial charge in [0.1, 0.15) is 0 Å². The van der Waals surface area contributed by atoms with Gasteiger partial charge in [-0.3, -0.25) is 4.99 Å². The zero-order valence-electron chi connectivity index (χ0n) is 9.87. The third-order valence-corrected chi connectivity index (χ3v) is 2.75. The molecule has 90 valence electrons. The van der Waals surface area contributed by atoms with Crippen molar-refractivity contribution in [3.63, 3.8) is 0 Å². The average molecular weight is 239 g/mol. The molecular weight excluding hydrogens is 226 g/mol. The molecule has 0 N–H and O–H groups in total. The third kappa shape index (κ3) is 2.35. The molecule has 1 aliphatic rings. The van der Waals surface area contributed by atoms with Crippen LogP contribution in [0.4, 0.5) is 0 Å². The van der Waals surface area contributed by atoms with E-state index in [9.17, 15) is 0 Å². The Morgan fingerprint density at radius 3 is 2.72 bits per heavy atom. The molecule has 0 atom stereocenters. The minimum atomic E-state index is 0.306. The molecule has 0 saturated heterocycles. The van der Waals surface area contributed by atoms with Gasteiger partial charge < -0.3 is 9.47 Å². The number of nitrogens with zero attached hydrogens (tertiary/aromatic N) is 1.